The third-order valence-corrected chi connectivity index (χ3v) is 7.42. The Balaban J connectivity index is 2.01. The van der Waals surface area contributed by atoms with Crippen LogP contribution in [0.15, 0.2) is 12.2 Å². The predicted octanol–water partition coefficient (Wildman–Crippen LogP) is 5.13. The van der Waals surface area contributed by atoms with Crippen LogP contribution in [-0.4, -0.2) is 23.8 Å². The molecule has 0 heterocycles. The molecule has 1 N–H and O–H groups in total. The van der Waals surface area contributed by atoms with E-state index in [-0.39, 0.29) is 22.9 Å². The standard InChI is InChI=1S/C22H38O3/c1-15(12-14-25-17(3)23)7-9-18-16(2)8-10-19-21(4,5)20(24)11-13-22(18,19)6/h15,18-20,24H,2,7-14H2,1,3-6H3. The number of aliphatic hydroxyl groups excluding tert-OH is 1. The fourth-order valence-corrected chi connectivity index (χ4v) is 5.70. The van der Waals surface area contributed by atoms with Crippen LogP contribution in [0, 0.1) is 28.6 Å². The van der Waals surface area contributed by atoms with Crippen molar-refractivity contribution in [3.63, 3.8) is 0 Å². The number of esters is 1. The zero-order chi connectivity index (χ0) is 18.8. The van der Waals surface area contributed by atoms with E-state index in [1.807, 2.05) is 0 Å². The van der Waals surface area contributed by atoms with Crippen LogP contribution >= 0.6 is 0 Å². The SMILES string of the molecule is C=C1CCC2C(C)(C)C(O)CCC2(C)C1CCC(C)CCOC(C)=O. The van der Waals surface area contributed by atoms with Gasteiger partial charge in [-0.2, -0.15) is 0 Å². The van der Waals surface area contributed by atoms with Crippen molar-refractivity contribution < 1.29 is 14.6 Å². The van der Waals surface area contributed by atoms with Gasteiger partial charge in [0, 0.05) is 6.92 Å². The van der Waals surface area contributed by atoms with Crippen LogP contribution in [0.4, 0.5) is 0 Å². The van der Waals surface area contributed by atoms with Crippen molar-refractivity contribution in [2.24, 2.45) is 28.6 Å². The van der Waals surface area contributed by atoms with E-state index in [0.29, 0.717) is 24.4 Å². The molecule has 0 aromatic heterocycles. The number of fused-ring (bicyclic) bond motifs is 1. The zero-order valence-corrected chi connectivity index (χ0v) is 16.9. The Labute approximate surface area is 154 Å². The lowest BCUT2D eigenvalue weighted by molar-refractivity contribution is -0.141. The quantitative estimate of drug-likeness (QED) is 0.534. The molecule has 144 valence electrons. The number of aliphatic hydroxyl groups is 1. The Bertz CT molecular complexity index is 496. The monoisotopic (exact) mass is 350 g/mol. The van der Waals surface area contributed by atoms with E-state index < -0.39 is 0 Å². The van der Waals surface area contributed by atoms with Gasteiger partial charge in [0.05, 0.1) is 12.7 Å². The summed E-state index contributed by atoms with van der Waals surface area (Å²) in [6.45, 7) is 15.6. The van der Waals surface area contributed by atoms with Gasteiger partial charge >= 0.3 is 5.97 Å². The first-order valence-corrected chi connectivity index (χ1v) is 10.1. The molecule has 5 unspecified atom stereocenters. The maximum Gasteiger partial charge on any atom is 0.302 e. The van der Waals surface area contributed by atoms with Crippen molar-refractivity contribution in [1.29, 1.82) is 0 Å². The molecule has 0 saturated heterocycles. The van der Waals surface area contributed by atoms with Gasteiger partial charge in [-0.25, -0.2) is 0 Å². The van der Waals surface area contributed by atoms with E-state index in [4.69, 9.17) is 4.74 Å². The highest BCUT2D eigenvalue weighted by Gasteiger charge is 2.55. The van der Waals surface area contributed by atoms with Gasteiger partial charge in [-0.3, -0.25) is 4.79 Å². The van der Waals surface area contributed by atoms with Gasteiger partial charge in [0.2, 0.25) is 0 Å². The van der Waals surface area contributed by atoms with Crippen molar-refractivity contribution in [3.05, 3.63) is 12.2 Å². The van der Waals surface area contributed by atoms with E-state index in [1.54, 1.807) is 0 Å². The zero-order valence-electron chi connectivity index (χ0n) is 16.9. The molecule has 3 nitrogen and oxygen atoms in total. The van der Waals surface area contributed by atoms with Crippen molar-refractivity contribution in [2.45, 2.75) is 85.7 Å². The van der Waals surface area contributed by atoms with Gasteiger partial charge in [-0.1, -0.05) is 39.8 Å². The van der Waals surface area contributed by atoms with Gasteiger partial charge in [0.15, 0.2) is 0 Å². The number of carbonyl (C=O) groups is 1. The molecule has 2 aliphatic rings. The van der Waals surface area contributed by atoms with E-state index in [1.165, 1.54) is 18.9 Å². The van der Waals surface area contributed by atoms with Crippen LogP contribution in [-0.2, 0) is 9.53 Å². The highest BCUT2D eigenvalue weighted by molar-refractivity contribution is 5.65. The molecule has 0 bridgehead atoms. The number of rotatable bonds is 6. The lowest BCUT2D eigenvalue weighted by Crippen LogP contribution is -2.54. The van der Waals surface area contributed by atoms with Crippen LogP contribution < -0.4 is 0 Å². The summed E-state index contributed by atoms with van der Waals surface area (Å²) in [6.07, 6.45) is 7.35. The summed E-state index contributed by atoms with van der Waals surface area (Å²) in [5, 5.41) is 10.5. The Morgan fingerprint density at radius 2 is 2.00 bits per heavy atom. The number of carbonyl (C=O) groups excluding carboxylic acids is 1. The predicted molar refractivity (Wildman–Crippen MR) is 102 cm³/mol. The molecule has 2 fully saturated rings. The van der Waals surface area contributed by atoms with E-state index >= 15 is 0 Å². The summed E-state index contributed by atoms with van der Waals surface area (Å²) in [4.78, 5) is 10.9. The molecule has 0 aromatic rings. The van der Waals surface area contributed by atoms with Crippen LogP contribution in [0.5, 0.6) is 0 Å². The average molecular weight is 351 g/mol. The topological polar surface area (TPSA) is 46.5 Å². The first-order valence-electron chi connectivity index (χ1n) is 10.1. The molecule has 3 heteroatoms. The highest BCUT2D eigenvalue weighted by atomic mass is 16.5. The van der Waals surface area contributed by atoms with Gasteiger partial charge in [-0.15, -0.1) is 0 Å². The molecule has 0 radical (unpaired) electrons. The van der Waals surface area contributed by atoms with Crippen molar-refractivity contribution >= 4 is 5.97 Å². The van der Waals surface area contributed by atoms with Crippen LogP contribution in [0.1, 0.15) is 79.6 Å². The second-order valence-electron chi connectivity index (χ2n) is 9.49. The number of ether oxygens (including phenoxy) is 1. The summed E-state index contributed by atoms with van der Waals surface area (Å²) in [6, 6.07) is 0. The van der Waals surface area contributed by atoms with Crippen molar-refractivity contribution in [2.75, 3.05) is 6.61 Å². The van der Waals surface area contributed by atoms with Crippen molar-refractivity contribution in [1.82, 2.24) is 0 Å². The number of hydrogen-bond acceptors (Lipinski definition) is 3. The van der Waals surface area contributed by atoms with Gasteiger partial charge in [-0.05, 0) is 73.5 Å². The first kappa shape index (κ1) is 20.5. The summed E-state index contributed by atoms with van der Waals surface area (Å²) < 4.78 is 5.09. The summed E-state index contributed by atoms with van der Waals surface area (Å²) in [5.74, 6) is 1.48. The third kappa shape index (κ3) is 4.30. The van der Waals surface area contributed by atoms with Crippen molar-refractivity contribution in [3.8, 4) is 0 Å². The van der Waals surface area contributed by atoms with Gasteiger partial charge in [0.25, 0.3) is 0 Å². The molecular formula is C22H38O3. The maximum atomic E-state index is 10.9. The fraction of sp³-hybridized carbons (Fsp3) is 0.864. The van der Waals surface area contributed by atoms with Gasteiger partial charge < -0.3 is 9.84 Å². The molecule has 2 saturated carbocycles. The molecular weight excluding hydrogens is 312 g/mol. The lowest BCUT2D eigenvalue weighted by Gasteiger charge is -2.59. The molecule has 5 atom stereocenters. The molecule has 2 aliphatic carbocycles. The second-order valence-corrected chi connectivity index (χ2v) is 9.49. The van der Waals surface area contributed by atoms with Crippen LogP contribution in [0.2, 0.25) is 0 Å². The number of allylic oxidation sites excluding steroid dienone is 1. The highest BCUT2D eigenvalue weighted by Crippen LogP contribution is 2.61. The van der Waals surface area contributed by atoms with Gasteiger partial charge in [0.1, 0.15) is 0 Å². The average Bonchev–Trinajstić information content (AvgIpc) is 2.50. The van der Waals surface area contributed by atoms with E-state index in [0.717, 1.165) is 38.5 Å². The molecule has 0 amide bonds. The number of hydrogen-bond donors (Lipinski definition) is 1. The lowest BCUT2D eigenvalue weighted by atomic mass is 9.46. The fourth-order valence-electron chi connectivity index (χ4n) is 5.70. The minimum atomic E-state index is -0.189. The Kier molecular flexibility index (Phi) is 6.40. The molecule has 25 heavy (non-hydrogen) atoms. The normalized spacial score (nSPS) is 35.8. The summed E-state index contributed by atoms with van der Waals surface area (Å²) in [7, 11) is 0. The molecule has 0 aliphatic heterocycles. The summed E-state index contributed by atoms with van der Waals surface area (Å²) in [5.41, 5.74) is 1.67. The largest absolute Gasteiger partial charge is 0.466 e. The molecule has 2 rings (SSSR count). The first-order chi connectivity index (χ1) is 11.6. The third-order valence-electron chi connectivity index (χ3n) is 7.42. The maximum absolute atomic E-state index is 10.9. The Morgan fingerprint density at radius 1 is 1.32 bits per heavy atom. The Morgan fingerprint density at radius 3 is 2.64 bits per heavy atom. The van der Waals surface area contributed by atoms with E-state index in [9.17, 15) is 9.90 Å². The smallest absolute Gasteiger partial charge is 0.302 e. The minimum absolute atomic E-state index is 0.00705. The molecule has 0 spiro atoms. The van der Waals surface area contributed by atoms with Crippen LogP contribution in [0.3, 0.4) is 0 Å². The second kappa shape index (κ2) is 7.82. The Hall–Kier alpha value is -0.830. The minimum Gasteiger partial charge on any atom is -0.466 e. The summed E-state index contributed by atoms with van der Waals surface area (Å²) >= 11 is 0. The van der Waals surface area contributed by atoms with E-state index in [2.05, 4.69) is 34.3 Å². The van der Waals surface area contributed by atoms with Crippen LogP contribution in [0.25, 0.3) is 0 Å². The molecule has 0 aromatic carbocycles.